The number of carbonyl (C=O) groups is 1. The third-order valence-corrected chi connectivity index (χ3v) is 6.65. The maximum Gasteiger partial charge on any atom is 0.416 e. The average Bonchev–Trinajstić information content (AvgIpc) is 3.38. The van der Waals surface area contributed by atoms with Crippen LogP contribution in [0.3, 0.4) is 0 Å². The van der Waals surface area contributed by atoms with Crippen molar-refractivity contribution in [2.45, 2.75) is 12.7 Å². The monoisotopic (exact) mass is 537 g/mol. The number of carboxylic acids is 1. The van der Waals surface area contributed by atoms with Crippen LogP contribution in [0.4, 0.5) is 17.6 Å². The number of thiophene rings is 1. The van der Waals surface area contributed by atoms with Crippen molar-refractivity contribution in [2.24, 2.45) is 0 Å². The number of benzene rings is 2. The molecule has 2 aromatic carbocycles. The van der Waals surface area contributed by atoms with Gasteiger partial charge in [0.25, 0.3) is 5.56 Å². The minimum atomic E-state index is -4.80. The number of alkyl halides is 3. The number of H-pyrrole nitrogens is 1. The molecule has 0 saturated carbocycles. The number of carboxylic acid groups (broad SMARTS) is 1. The van der Waals surface area contributed by atoms with E-state index in [2.05, 4.69) is 4.98 Å². The molecule has 0 aliphatic carbocycles. The molecular formula is C23H12ClF4N3O4S. The lowest BCUT2D eigenvalue weighted by Crippen LogP contribution is -2.34. The fourth-order valence-electron chi connectivity index (χ4n) is 4.10. The summed E-state index contributed by atoms with van der Waals surface area (Å²) in [7, 11) is 0. The van der Waals surface area contributed by atoms with Crippen LogP contribution in [0.25, 0.3) is 27.5 Å². The van der Waals surface area contributed by atoms with Crippen LogP contribution in [-0.2, 0) is 12.7 Å². The van der Waals surface area contributed by atoms with E-state index < -0.39 is 52.7 Å². The first-order valence-corrected chi connectivity index (χ1v) is 11.4. The largest absolute Gasteiger partial charge is 0.477 e. The summed E-state index contributed by atoms with van der Waals surface area (Å²) < 4.78 is 56.7. The molecule has 0 amide bonds. The number of halogens is 5. The predicted molar refractivity (Wildman–Crippen MR) is 126 cm³/mol. The maximum atomic E-state index is 14.5. The van der Waals surface area contributed by atoms with E-state index in [1.54, 1.807) is 0 Å². The summed E-state index contributed by atoms with van der Waals surface area (Å²) in [6, 6.07) is 5.99. The molecule has 2 N–H and O–H groups in total. The van der Waals surface area contributed by atoms with Crippen LogP contribution in [0.5, 0.6) is 0 Å². The van der Waals surface area contributed by atoms with Crippen LogP contribution in [-0.4, -0.2) is 25.2 Å². The second-order valence-electron chi connectivity index (χ2n) is 7.82. The third kappa shape index (κ3) is 3.78. The van der Waals surface area contributed by atoms with Crippen LogP contribution in [0, 0.1) is 5.82 Å². The van der Waals surface area contributed by atoms with Crippen molar-refractivity contribution in [1.82, 2.24) is 14.1 Å². The Kier molecular flexibility index (Phi) is 5.52. The molecule has 0 atom stereocenters. The maximum absolute atomic E-state index is 14.5. The Bertz CT molecular complexity index is 1820. The molecule has 3 aromatic heterocycles. The van der Waals surface area contributed by atoms with Gasteiger partial charge in [-0.15, -0.1) is 11.3 Å². The topological polar surface area (TPSA) is 97.1 Å². The van der Waals surface area contributed by atoms with Gasteiger partial charge < -0.3 is 14.7 Å². The van der Waals surface area contributed by atoms with Gasteiger partial charge in [-0.2, -0.15) is 13.2 Å². The van der Waals surface area contributed by atoms with Crippen molar-refractivity contribution in [1.29, 1.82) is 0 Å². The summed E-state index contributed by atoms with van der Waals surface area (Å²) in [4.78, 5) is 41.1. The molecule has 0 saturated heterocycles. The zero-order chi connectivity index (χ0) is 25.9. The molecule has 0 fully saturated rings. The standard InChI is InChI=1S/C23H12ClF4N3O4S/c24-12-2-3-15(25)10(5-12)7-30-17-4-1-11(23(26,27)28)6-13(17)18(19(30)21(33)34)31-20(32)14-8-36-9-16(14)29-22(31)35/h1-6,8-9H,7H2,(H,29,35)(H,33,34). The smallest absolute Gasteiger partial charge is 0.416 e. The van der Waals surface area contributed by atoms with Gasteiger partial charge in [-0.1, -0.05) is 11.6 Å². The second kappa shape index (κ2) is 8.35. The van der Waals surface area contributed by atoms with Gasteiger partial charge in [-0.05, 0) is 36.4 Å². The number of nitrogens with zero attached hydrogens (tertiary/aromatic N) is 2. The highest BCUT2D eigenvalue weighted by Crippen LogP contribution is 2.36. The molecule has 5 aromatic rings. The molecule has 7 nitrogen and oxygen atoms in total. The Morgan fingerprint density at radius 2 is 1.83 bits per heavy atom. The van der Waals surface area contributed by atoms with Gasteiger partial charge in [0, 0.05) is 26.7 Å². The summed E-state index contributed by atoms with van der Waals surface area (Å²) in [6.07, 6.45) is -4.80. The van der Waals surface area contributed by atoms with Crippen molar-refractivity contribution in [3.05, 3.63) is 95.7 Å². The number of aromatic amines is 1. The van der Waals surface area contributed by atoms with E-state index in [0.717, 1.165) is 34.1 Å². The number of aromatic nitrogens is 3. The molecule has 0 spiro atoms. The Balaban J connectivity index is 1.94. The molecule has 0 aliphatic rings. The number of hydrogen-bond acceptors (Lipinski definition) is 4. The summed E-state index contributed by atoms with van der Waals surface area (Å²) in [5.74, 6) is -2.38. The summed E-state index contributed by atoms with van der Waals surface area (Å²) in [5, 5.41) is 12.9. The van der Waals surface area contributed by atoms with E-state index >= 15 is 0 Å². The molecule has 5 rings (SSSR count). The van der Waals surface area contributed by atoms with Crippen molar-refractivity contribution in [3.63, 3.8) is 0 Å². The van der Waals surface area contributed by atoms with Gasteiger partial charge in [0.05, 0.1) is 34.2 Å². The first-order chi connectivity index (χ1) is 17.0. The van der Waals surface area contributed by atoms with E-state index in [-0.39, 0.29) is 32.4 Å². The second-order valence-corrected chi connectivity index (χ2v) is 9.00. The molecular weight excluding hydrogens is 526 g/mol. The van der Waals surface area contributed by atoms with Gasteiger partial charge >= 0.3 is 17.8 Å². The van der Waals surface area contributed by atoms with Crippen LogP contribution in [0.15, 0.2) is 56.7 Å². The van der Waals surface area contributed by atoms with Crippen LogP contribution in [0.1, 0.15) is 21.6 Å². The van der Waals surface area contributed by atoms with E-state index in [0.29, 0.717) is 10.6 Å². The summed E-state index contributed by atoms with van der Waals surface area (Å²) >= 11 is 7.06. The molecule has 0 aliphatic heterocycles. The van der Waals surface area contributed by atoms with Crippen molar-refractivity contribution >= 4 is 50.7 Å². The molecule has 36 heavy (non-hydrogen) atoms. The van der Waals surface area contributed by atoms with Gasteiger partial charge in [0.1, 0.15) is 5.82 Å². The van der Waals surface area contributed by atoms with Gasteiger partial charge in [0.15, 0.2) is 5.69 Å². The number of nitrogens with one attached hydrogen (secondary N) is 1. The Morgan fingerprint density at radius 1 is 1.08 bits per heavy atom. The SMILES string of the molecule is O=C(O)c1c(-n2c(=O)[nH]c3cscc3c2=O)c2cc(C(F)(F)F)ccc2n1Cc1cc(Cl)ccc1F. The zero-order valence-corrected chi connectivity index (χ0v) is 19.3. The Morgan fingerprint density at radius 3 is 2.53 bits per heavy atom. The van der Waals surface area contributed by atoms with Crippen LogP contribution < -0.4 is 11.2 Å². The average molecular weight is 538 g/mol. The fourth-order valence-corrected chi connectivity index (χ4v) is 5.05. The first kappa shape index (κ1) is 23.8. The molecule has 13 heteroatoms. The molecule has 0 radical (unpaired) electrons. The number of fused-ring (bicyclic) bond motifs is 2. The molecule has 3 heterocycles. The molecule has 0 bridgehead atoms. The normalized spacial score (nSPS) is 12.0. The highest BCUT2D eigenvalue weighted by Gasteiger charge is 2.33. The highest BCUT2D eigenvalue weighted by atomic mass is 35.5. The zero-order valence-electron chi connectivity index (χ0n) is 17.7. The number of rotatable bonds is 4. The molecule has 0 unspecified atom stereocenters. The van der Waals surface area contributed by atoms with E-state index in [1.165, 1.54) is 22.9 Å². The van der Waals surface area contributed by atoms with Crippen molar-refractivity contribution in [3.8, 4) is 5.69 Å². The van der Waals surface area contributed by atoms with Gasteiger partial charge in [-0.25, -0.2) is 18.5 Å². The lowest BCUT2D eigenvalue weighted by molar-refractivity contribution is -0.137. The minimum absolute atomic E-state index is 0.0460. The molecule has 184 valence electrons. The van der Waals surface area contributed by atoms with Crippen molar-refractivity contribution in [2.75, 3.05) is 0 Å². The summed E-state index contributed by atoms with van der Waals surface area (Å²) in [5.41, 5.74) is -4.24. The summed E-state index contributed by atoms with van der Waals surface area (Å²) in [6.45, 7) is -0.455. The van der Waals surface area contributed by atoms with Gasteiger partial charge in [0.2, 0.25) is 0 Å². The third-order valence-electron chi connectivity index (χ3n) is 5.67. The van der Waals surface area contributed by atoms with E-state index in [1.807, 2.05) is 0 Å². The van der Waals surface area contributed by atoms with Gasteiger partial charge in [-0.3, -0.25) is 4.79 Å². The lowest BCUT2D eigenvalue weighted by atomic mass is 10.1. The lowest BCUT2D eigenvalue weighted by Gasteiger charge is -2.11. The van der Waals surface area contributed by atoms with Crippen molar-refractivity contribution < 1.29 is 27.5 Å². The fraction of sp³-hybridized carbons (Fsp3) is 0.0870. The number of hydrogen-bond donors (Lipinski definition) is 2. The number of aromatic carboxylic acids is 1. The first-order valence-electron chi connectivity index (χ1n) is 10.1. The van der Waals surface area contributed by atoms with E-state index in [9.17, 15) is 37.1 Å². The van der Waals surface area contributed by atoms with E-state index in [4.69, 9.17) is 11.6 Å². The quantitative estimate of drug-likeness (QED) is 0.306. The van der Waals surface area contributed by atoms with Crippen LogP contribution in [0.2, 0.25) is 5.02 Å². The predicted octanol–water partition coefficient (Wildman–Crippen LogP) is 5.25. The minimum Gasteiger partial charge on any atom is -0.477 e. The Labute approximate surface area is 206 Å². The Hall–Kier alpha value is -3.90. The highest BCUT2D eigenvalue weighted by molar-refractivity contribution is 7.09. The van der Waals surface area contributed by atoms with Crippen LogP contribution >= 0.6 is 22.9 Å².